The minimum absolute atomic E-state index is 0.0512. The molecule has 9 heteroatoms. The van der Waals surface area contributed by atoms with Gasteiger partial charge in [0.05, 0.1) is 9.92 Å². The van der Waals surface area contributed by atoms with Crippen LogP contribution in [-0.4, -0.2) is 22.5 Å². The van der Waals surface area contributed by atoms with Crippen LogP contribution in [0.15, 0.2) is 24.3 Å². The Labute approximate surface area is 151 Å². The zero-order valence-electron chi connectivity index (χ0n) is 13.7. The lowest BCUT2D eigenvalue weighted by Crippen LogP contribution is -2.29. The molecule has 0 radical (unpaired) electrons. The van der Waals surface area contributed by atoms with Gasteiger partial charge in [-0.3, -0.25) is 14.9 Å². The molecule has 0 aliphatic heterocycles. The second-order valence-electron chi connectivity index (χ2n) is 6.11. The number of fused-ring (bicyclic) bond motifs is 1. The zero-order chi connectivity index (χ0) is 18.8. The maximum Gasteiger partial charge on any atom is 0.323 e. The number of anilines is 1. The van der Waals surface area contributed by atoms with Gasteiger partial charge in [-0.05, 0) is 30.4 Å². The van der Waals surface area contributed by atoms with Gasteiger partial charge in [-0.25, -0.2) is 4.39 Å². The SMILES string of the molecule is O=C(O)CN(Cc1ccc([N+](=O)[O-])cc1)c1sc(F)c2c1CCCC2F. The monoisotopic (exact) mass is 382 g/mol. The van der Waals surface area contributed by atoms with Crippen molar-refractivity contribution in [3.05, 3.63) is 56.2 Å². The predicted molar refractivity (Wildman–Crippen MR) is 92.8 cm³/mol. The molecule has 0 spiro atoms. The van der Waals surface area contributed by atoms with Gasteiger partial charge in [0.2, 0.25) is 0 Å². The average molecular weight is 382 g/mol. The molecule has 2 aromatic rings. The van der Waals surface area contributed by atoms with Crippen molar-refractivity contribution in [2.45, 2.75) is 32.0 Å². The number of rotatable bonds is 6. The van der Waals surface area contributed by atoms with E-state index < -0.39 is 22.2 Å². The van der Waals surface area contributed by atoms with Crippen molar-refractivity contribution in [3.63, 3.8) is 0 Å². The smallest absolute Gasteiger partial charge is 0.323 e. The van der Waals surface area contributed by atoms with Crippen molar-refractivity contribution in [3.8, 4) is 0 Å². The molecule has 0 saturated carbocycles. The molecule has 0 fully saturated rings. The van der Waals surface area contributed by atoms with Crippen LogP contribution in [0.3, 0.4) is 0 Å². The van der Waals surface area contributed by atoms with Crippen LogP contribution in [0.1, 0.15) is 35.7 Å². The highest BCUT2D eigenvalue weighted by Crippen LogP contribution is 2.45. The second kappa shape index (κ2) is 7.36. The Balaban J connectivity index is 1.93. The van der Waals surface area contributed by atoms with Gasteiger partial charge < -0.3 is 10.0 Å². The fraction of sp³-hybridized carbons (Fsp3) is 0.353. The molecule has 138 valence electrons. The Hall–Kier alpha value is -2.55. The number of non-ortho nitro benzene ring substituents is 1. The van der Waals surface area contributed by atoms with Crippen LogP contribution in [-0.2, 0) is 17.8 Å². The van der Waals surface area contributed by atoms with E-state index >= 15 is 0 Å². The zero-order valence-corrected chi connectivity index (χ0v) is 14.5. The lowest BCUT2D eigenvalue weighted by molar-refractivity contribution is -0.384. The minimum Gasteiger partial charge on any atom is -0.480 e. The Morgan fingerprint density at radius 3 is 2.69 bits per heavy atom. The van der Waals surface area contributed by atoms with E-state index in [0.717, 1.165) is 11.3 Å². The first-order chi connectivity index (χ1) is 12.4. The number of halogens is 2. The number of nitro groups is 1. The summed E-state index contributed by atoms with van der Waals surface area (Å²) < 4.78 is 28.3. The summed E-state index contributed by atoms with van der Waals surface area (Å²) in [6, 6.07) is 5.72. The largest absolute Gasteiger partial charge is 0.480 e. The molecule has 0 bridgehead atoms. The van der Waals surface area contributed by atoms with Crippen LogP contribution in [0.25, 0.3) is 0 Å². The number of alkyl halides is 1. The third kappa shape index (κ3) is 3.67. The van der Waals surface area contributed by atoms with Crippen LogP contribution < -0.4 is 4.90 Å². The lowest BCUT2D eigenvalue weighted by atomic mass is 9.93. The molecule has 26 heavy (non-hydrogen) atoms. The van der Waals surface area contributed by atoms with Crippen molar-refractivity contribution >= 4 is 28.0 Å². The summed E-state index contributed by atoms with van der Waals surface area (Å²) in [6.45, 7) is -0.242. The summed E-state index contributed by atoms with van der Waals surface area (Å²) in [5.41, 5.74) is 1.16. The van der Waals surface area contributed by atoms with E-state index in [0.29, 0.717) is 29.0 Å². The number of carboxylic acids is 1. The summed E-state index contributed by atoms with van der Waals surface area (Å²) in [7, 11) is 0. The van der Waals surface area contributed by atoms with Crippen molar-refractivity contribution < 1.29 is 23.6 Å². The molecule has 3 rings (SSSR count). The first-order valence-electron chi connectivity index (χ1n) is 8.02. The fourth-order valence-electron chi connectivity index (χ4n) is 3.15. The standard InChI is InChI=1S/C17H16F2N2O4S/c18-13-3-1-2-12-15(13)16(19)26-17(12)20(9-14(22)23)8-10-4-6-11(7-5-10)21(24)25/h4-7,13H,1-3,8-9H2,(H,22,23). The first-order valence-corrected chi connectivity index (χ1v) is 8.83. The topological polar surface area (TPSA) is 83.7 Å². The fourth-order valence-corrected chi connectivity index (χ4v) is 4.28. The quantitative estimate of drug-likeness (QED) is 0.597. The Morgan fingerprint density at radius 1 is 1.38 bits per heavy atom. The van der Waals surface area contributed by atoms with Gasteiger partial charge in [-0.15, -0.1) is 0 Å². The lowest BCUT2D eigenvalue weighted by Gasteiger charge is -2.25. The predicted octanol–water partition coefficient (Wildman–Crippen LogP) is 4.23. The summed E-state index contributed by atoms with van der Waals surface area (Å²) in [5.74, 6) is -1.10. The second-order valence-corrected chi connectivity index (χ2v) is 7.06. The van der Waals surface area contributed by atoms with Crippen LogP contribution in [0.2, 0.25) is 0 Å². The van der Waals surface area contributed by atoms with Crippen LogP contribution in [0.4, 0.5) is 19.5 Å². The van der Waals surface area contributed by atoms with Gasteiger partial charge in [0.25, 0.3) is 5.69 Å². The maximum atomic E-state index is 14.3. The number of carboxylic acid groups (broad SMARTS) is 1. The van der Waals surface area contributed by atoms with Crippen LogP contribution in [0.5, 0.6) is 0 Å². The van der Waals surface area contributed by atoms with Crippen LogP contribution >= 0.6 is 11.3 Å². The highest BCUT2D eigenvalue weighted by Gasteiger charge is 2.31. The van der Waals surface area contributed by atoms with Gasteiger partial charge in [-0.2, -0.15) is 4.39 Å². The molecule has 1 atom stereocenters. The normalized spacial score (nSPS) is 16.2. The van der Waals surface area contributed by atoms with E-state index in [4.69, 9.17) is 0 Å². The molecule has 1 aromatic carbocycles. The Bertz CT molecular complexity index is 838. The third-order valence-corrected chi connectivity index (χ3v) is 5.41. The average Bonchev–Trinajstić information content (AvgIpc) is 2.92. The molecule has 1 heterocycles. The number of thiophene rings is 1. The number of carbonyl (C=O) groups is 1. The number of nitrogens with zero attached hydrogens (tertiary/aromatic N) is 2. The highest BCUT2D eigenvalue weighted by atomic mass is 32.1. The van der Waals surface area contributed by atoms with Crippen molar-refractivity contribution in [2.75, 3.05) is 11.4 Å². The van der Waals surface area contributed by atoms with Crippen molar-refractivity contribution in [1.82, 2.24) is 0 Å². The molecular weight excluding hydrogens is 366 g/mol. The molecule has 1 unspecified atom stereocenters. The number of benzene rings is 1. The first kappa shape index (κ1) is 18.2. The number of hydrogen-bond donors (Lipinski definition) is 1. The molecule has 6 nitrogen and oxygen atoms in total. The van der Waals surface area contributed by atoms with Gasteiger partial charge in [-0.1, -0.05) is 23.5 Å². The molecule has 0 amide bonds. The van der Waals surface area contributed by atoms with E-state index in [1.165, 1.54) is 29.2 Å². The summed E-state index contributed by atoms with van der Waals surface area (Å²) in [4.78, 5) is 23.0. The summed E-state index contributed by atoms with van der Waals surface area (Å²) in [5, 5.41) is 19.8. The van der Waals surface area contributed by atoms with E-state index in [9.17, 15) is 28.8 Å². The third-order valence-electron chi connectivity index (χ3n) is 4.31. The molecule has 1 aliphatic rings. The highest BCUT2D eigenvalue weighted by molar-refractivity contribution is 7.14. The van der Waals surface area contributed by atoms with Gasteiger partial charge >= 0.3 is 5.97 Å². The van der Waals surface area contributed by atoms with Gasteiger partial charge in [0.15, 0.2) is 5.13 Å². The van der Waals surface area contributed by atoms with Crippen molar-refractivity contribution in [1.29, 1.82) is 0 Å². The van der Waals surface area contributed by atoms with Crippen molar-refractivity contribution in [2.24, 2.45) is 0 Å². The summed E-state index contributed by atoms with van der Waals surface area (Å²) in [6.07, 6.45) is -0.0196. The number of hydrogen-bond acceptors (Lipinski definition) is 5. The maximum absolute atomic E-state index is 14.3. The number of nitro benzene ring substituents is 1. The molecule has 0 saturated heterocycles. The molecule has 1 aromatic heterocycles. The minimum atomic E-state index is -1.37. The molecule has 1 aliphatic carbocycles. The van der Waals surface area contributed by atoms with Crippen LogP contribution in [0, 0.1) is 15.2 Å². The van der Waals surface area contributed by atoms with E-state index in [1.54, 1.807) is 0 Å². The Morgan fingerprint density at radius 2 is 2.08 bits per heavy atom. The molecule has 1 N–H and O–H groups in total. The van der Waals surface area contributed by atoms with E-state index in [2.05, 4.69) is 0 Å². The van der Waals surface area contributed by atoms with Gasteiger partial charge in [0, 0.05) is 24.2 Å². The van der Waals surface area contributed by atoms with E-state index in [1.807, 2.05) is 0 Å². The van der Waals surface area contributed by atoms with Gasteiger partial charge in [0.1, 0.15) is 12.7 Å². The molecular formula is C17H16F2N2O4S. The Kier molecular flexibility index (Phi) is 5.17. The van der Waals surface area contributed by atoms with E-state index in [-0.39, 0.29) is 30.8 Å². The summed E-state index contributed by atoms with van der Waals surface area (Å²) >= 11 is 0.759. The number of aliphatic carboxylic acids is 1.